The van der Waals surface area contributed by atoms with Crippen LogP contribution in [0.2, 0.25) is 0 Å². The van der Waals surface area contributed by atoms with E-state index in [9.17, 15) is 9.90 Å². The molecule has 0 aliphatic carbocycles. The summed E-state index contributed by atoms with van der Waals surface area (Å²) in [6.07, 6.45) is -0.502. The van der Waals surface area contributed by atoms with Gasteiger partial charge in [-0.15, -0.1) is 0 Å². The molecule has 0 saturated heterocycles. The third-order valence-corrected chi connectivity index (χ3v) is 3.31. The van der Waals surface area contributed by atoms with Gasteiger partial charge >= 0.3 is 13.5 Å². The predicted molar refractivity (Wildman–Crippen MR) is 77.9 cm³/mol. The second kappa shape index (κ2) is 6.05. The molecule has 21 heavy (non-hydrogen) atoms. The largest absolute Gasteiger partial charge is 0.492 e. The third-order valence-electron chi connectivity index (χ3n) is 3.31. The average Bonchev–Trinajstić information content (AvgIpc) is 2.65. The summed E-state index contributed by atoms with van der Waals surface area (Å²) >= 11 is 0. The van der Waals surface area contributed by atoms with Crippen molar-refractivity contribution in [2.75, 3.05) is 27.2 Å². The Morgan fingerprint density at radius 2 is 2.19 bits per heavy atom. The molecule has 0 aromatic heterocycles. The number of likely N-dealkylation sites (N-methyl/N-ethyl adjacent to an activating group) is 1. The molecule has 7 heteroatoms. The van der Waals surface area contributed by atoms with E-state index < -0.39 is 18.2 Å². The summed E-state index contributed by atoms with van der Waals surface area (Å²) in [5.41, 5.74) is 1.88. The van der Waals surface area contributed by atoms with E-state index in [0.717, 1.165) is 12.1 Å². The van der Waals surface area contributed by atoms with Crippen molar-refractivity contribution in [2.45, 2.75) is 19.1 Å². The quantitative estimate of drug-likeness (QED) is 0.709. The normalized spacial score (nSPS) is 20.2. The fourth-order valence-electron chi connectivity index (χ4n) is 2.39. The van der Waals surface area contributed by atoms with Crippen LogP contribution in [0.3, 0.4) is 0 Å². The van der Waals surface area contributed by atoms with Gasteiger partial charge in [-0.1, -0.05) is 0 Å². The lowest BCUT2D eigenvalue weighted by Gasteiger charge is -2.24. The molecule has 6 nitrogen and oxygen atoms in total. The van der Waals surface area contributed by atoms with Crippen LogP contribution in [0.1, 0.15) is 17.5 Å². The van der Waals surface area contributed by atoms with Crippen LogP contribution < -0.4 is 10.2 Å². The molecule has 0 amide bonds. The minimum absolute atomic E-state index is 0.491. The zero-order valence-corrected chi connectivity index (χ0v) is 12.4. The van der Waals surface area contributed by atoms with Crippen molar-refractivity contribution in [1.29, 1.82) is 0 Å². The Hall–Kier alpha value is -1.57. The van der Waals surface area contributed by atoms with Gasteiger partial charge in [0.05, 0.1) is 0 Å². The van der Waals surface area contributed by atoms with Crippen LogP contribution in [-0.4, -0.2) is 55.8 Å². The Morgan fingerprint density at radius 1 is 1.48 bits per heavy atom. The van der Waals surface area contributed by atoms with Gasteiger partial charge in [0, 0.05) is 12.1 Å². The van der Waals surface area contributed by atoms with Gasteiger partial charge in [-0.2, -0.15) is 0 Å². The van der Waals surface area contributed by atoms with Gasteiger partial charge in [0.2, 0.25) is 0 Å². The van der Waals surface area contributed by atoms with Crippen molar-refractivity contribution in [3.05, 3.63) is 23.3 Å². The van der Waals surface area contributed by atoms with Crippen LogP contribution >= 0.6 is 0 Å². The molecule has 1 atom stereocenters. The van der Waals surface area contributed by atoms with Gasteiger partial charge in [0.15, 0.2) is 5.79 Å². The standard InChI is InChI=1S/C14H19BNO5/c1-9-6-10(20-5-4-16(2)3)7-11-13(9)14(19,21-15-11)8-12(17)18/h6-7,19H,4-5,8H2,1-3H3,(H,17,18). The minimum atomic E-state index is -1.80. The van der Waals surface area contributed by atoms with E-state index in [2.05, 4.69) is 0 Å². The topological polar surface area (TPSA) is 79.2 Å². The third kappa shape index (κ3) is 3.55. The van der Waals surface area contributed by atoms with Crippen molar-refractivity contribution in [2.24, 2.45) is 0 Å². The number of carboxylic acids is 1. The number of benzene rings is 1. The monoisotopic (exact) mass is 292 g/mol. The fourth-order valence-corrected chi connectivity index (χ4v) is 2.39. The first-order valence-electron chi connectivity index (χ1n) is 6.70. The minimum Gasteiger partial charge on any atom is -0.492 e. The Kier molecular flexibility index (Phi) is 4.56. The van der Waals surface area contributed by atoms with Crippen LogP contribution in [0.25, 0.3) is 0 Å². The molecule has 0 saturated carbocycles. The van der Waals surface area contributed by atoms with Gasteiger partial charge < -0.3 is 24.5 Å². The maximum absolute atomic E-state index is 10.9. The van der Waals surface area contributed by atoms with Crippen LogP contribution in [0.5, 0.6) is 5.75 Å². The molecular weight excluding hydrogens is 273 g/mol. The molecule has 2 rings (SSSR count). The first-order chi connectivity index (χ1) is 9.82. The summed E-state index contributed by atoms with van der Waals surface area (Å²) in [4.78, 5) is 12.9. The lowest BCUT2D eigenvalue weighted by Crippen LogP contribution is -2.30. The molecule has 1 radical (unpaired) electrons. The van der Waals surface area contributed by atoms with E-state index >= 15 is 0 Å². The molecular formula is C14H19BNO5. The molecule has 0 bridgehead atoms. The number of hydrogen-bond acceptors (Lipinski definition) is 5. The molecule has 1 aliphatic heterocycles. The molecule has 2 N–H and O–H groups in total. The first-order valence-corrected chi connectivity index (χ1v) is 6.70. The summed E-state index contributed by atoms with van der Waals surface area (Å²) in [5.74, 6) is -2.25. The highest BCUT2D eigenvalue weighted by Gasteiger charge is 2.42. The molecule has 1 heterocycles. The number of aryl methyl sites for hydroxylation is 1. The molecule has 1 unspecified atom stereocenters. The molecule has 113 valence electrons. The highest BCUT2D eigenvalue weighted by molar-refractivity contribution is 6.49. The zero-order valence-electron chi connectivity index (χ0n) is 12.4. The van der Waals surface area contributed by atoms with Crippen LogP contribution in [0.4, 0.5) is 0 Å². The van der Waals surface area contributed by atoms with Crippen molar-refractivity contribution in [3.63, 3.8) is 0 Å². The van der Waals surface area contributed by atoms with Crippen LogP contribution in [-0.2, 0) is 15.2 Å². The van der Waals surface area contributed by atoms with E-state index in [4.69, 9.17) is 14.5 Å². The first kappa shape index (κ1) is 15.8. The molecule has 1 aromatic carbocycles. The molecule has 0 fully saturated rings. The average molecular weight is 292 g/mol. The van der Waals surface area contributed by atoms with E-state index in [1.165, 1.54) is 7.48 Å². The van der Waals surface area contributed by atoms with Gasteiger partial charge in [0.1, 0.15) is 18.8 Å². The molecule has 0 spiro atoms. The summed E-state index contributed by atoms with van der Waals surface area (Å²) in [7, 11) is 5.31. The van der Waals surface area contributed by atoms with Gasteiger partial charge in [0.25, 0.3) is 0 Å². The van der Waals surface area contributed by atoms with Gasteiger partial charge in [-0.05, 0) is 44.2 Å². The van der Waals surface area contributed by atoms with E-state index in [1.54, 1.807) is 19.1 Å². The SMILES string of the molecule is Cc1cc(OCCN(C)C)cc2c1C(O)(CC(=O)O)O[B]2. The maximum atomic E-state index is 10.9. The Balaban J connectivity index is 2.20. The number of carboxylic acid groups (broad SMARTS) is 1. The number of ether oxygens (including phenoxy) is 1. The van der Waals surface area contributed by atoms with E-state index in [0.29, 0.717) is 23.4 Å². The molecule has 1 aliphatic rings. The molecule has 1 aromatic rings. The second-order valence-corrected chi connectivity index (χ2v) is 5.45. The number of rotatable bonds is 6. The number of aliphatic hydroxyl groups is 1. The number of aliphatic carboxylic acids is 1. The number of fused-ring (bicyclic) bond motifs is 1. The Bertz CT molecular complexity index is 548. The lowest BCUT2D eigenvalue weighted by molar-refractivity contribution is -0.169. The van der Waals surface area contributed by atoms with Crippen molar-refractivity contribution < 1.29 is 24.4 Å². The highest BCUT2D eigenvalue weighted by Crippen LogP contribution is 2.33. The lowest BCUT2D eigenvalue weighted by atomic mass is 9.83. The van der Waals surface area contributed by atoms with E-state index in [-0.39, 0.29) is 0 Å². The smallest absolute Gasteiger partial charge is 0.334 e. The van der Waals surface area contributed by atoms with Crippen LogP contribution in [0, 0.1) is 6.92 Å². The summed E-state index contributed by atoms with van der Waals surface area (Å²) in [5, 5.41) is 19.2. The number of nitrogens with zero attached hydrogens (tertiary/aromatic N) is 1. The van der Waals surface area contributed by atoms with Crippen molar-refractivity contribution in [3.8, 4) is 5.75 Å². The van der Waals surface area contributed by atoms with Gasteiger partial charge in [-0.25, -0.2) is 0 Å². The Morgan fingerprint density at radius 3 is 2.81 bits per heavy atom. The Labute approximate surface area is 124 Å². The predicted octanol–water partition coefficient (Wildman–Crippen LogP) is -0.170. The fraction of sp³-hybridized carbons (Fsp3) is 0.500. The van der Waals surface area contributed by atoms with Crippen LogP contribution in [0.15, 0.2) is 12.1 Å². The number of carbonyl (C=O) groups is 1. The second-order valence-electron chi connectivity index (χ2n) is 5.45. The van der Waals surface area contributed by atoms with Crippen molar-refractivity contribution in [1.82, 2.24) is 4.90 Å². The van der Waals surface area contributed by atoms with E-state index in [1.807, 2.05) is 19.0 Å². The summed E-state index contributed by atoms with van der Waals surface area (Å²) < 4.78 is 10.8. The van der Waals surface area contributed by atoms with Gasteiger partial charge in [-0.3, -0.25) is 4.79 Å². The summed E-state index contributed by atoms with van der Waals surface area (Å²) in [6, 6.07) is 3.53. The zero-order chi connectivity index (χ0) is 15.6. The highest BCUT2D eigenvalue weighted by atomic mass is 16.6. The summed E-state index contributed by atoms with van der Waals surface area (Å²) in [6.45, 7) is 3.14. The maximum Gasteiger partial charge on any atom is 0.334 e. The van der Waals surface area contributed by atoms with Crippen molar-refractivity contribution >= 4 is 18.9 Å². The number of hydrogen-bond donors (Lipinski definition) is 2.